The quantitative estimate of drug-likeness (QED) is 0.413. The van der Waals surface area contributed by atoms with Gasteiger partial charge in [-0.1, -0.05) is 62.2 Å². The molecule has 1 aliphatic carbocycles. The van der Waals surface area contributed by atoms with Gasteiger partial charge in [0.05, 0.1) is 41.3 Å². The molecule has 0 radical (unpaired) electrons. The Hall–Kier alpha value is -3.14. The maximum atomic E-state index is 13.6. The molecule has 2 aromatic rings. The molecule has 2 fully saturated rings. The first-order chi connectivity index (χ1) is 19.9. The summed E-state index contributed by atoms with van der Waals surface area (Å²) in [5.74, 6) is -1.73. The predicted molar refractivity (Wildman–Crippen MR) is 161 cm³/mol. The van der Waals surface area contributed by atoms with Crippen molar-refractivity contribution in [3.05, 3.63) is 63.6 Å². The SMILES string of the molecule is COC(=O)C(Cc1ccc(NC(=O)c2c(Cl)cccc2Cl)cc1)NC(=O)C1CCC(C)(C(=O)N2CCOCC2)C1(C)C. The Kier molecular flexibility index (Phi) is 9.85. The Morgan fingerprint density at radius 1 is 1.02 bits per heavy atom. The molecule has 11 heteroatoms. The van der Waals surface area contributed by atoms with Crippen LogP contribution in [0.15, 0.2) is 42.5 Å². The van der Waals surface area contributed by atoms with Crippen LogP contribution in [0.4, 0.5) is 5.69 Å². The second-order valence-corrected chi connectivity index (χ2v) is 12.4. The van der Waals surface area contributed by atoms with Crippen LogP contribution < -0.4 is 10.6 Å². The summed E-state index contributed by atoms with van der Waals surface area (Å²) in [7, 11) is 1.28. The van der Waals surface area contributed by atoms with Crippen molar-refractivity contribution in [2.45, 2.75) is 46.1 Å². The topological polar surface area (TPSA) is 114 Å². The maximum Gasteiger partial charge on any atom is 0.328 e. The number of esters is 1. The minimum absolute atomic E-state index is 0.0413. The Labute approximate surface area is 256 Å². The number of methoxy groups -OCH3 is 1. The number of halogens is 2. The van der Waals surface area contributed by atoms with Crippen LogP contribution in [0.1, 0.15) is 49.5 Å². The molecular weight excluding hydrogens is 581 g/mol. The van der Waals surface area contributed by atoms with E-state index in [1.54, 1.807) is 42.5 Å². The zero-order valence-corrected chi connectivity index (χ0v) is 25.8. The molecule has 0 bridgehead atoms. The van der Waals surface area contributed by atoms with E-state index in [0.717, 1.165) is 5.56 Å². The van der Waals surface area contributed by atoms with Gasteiger partial charge in [0.15, 0.2) is 0 Å². The largest absolute Gasteiger partial charge is 0.467 e. The first kappa shape index (κ1) is 31.8. The van der Waals surface area contributed by atoms with E-state index in [0.29, 0.717) is 44.8 Å². The van der Waals surface area contributed by atoms with E-state index in [-0.39, 0.29) is 33.8 Å². The van der Waals surface area contributed by atoms with Gasteiger partial charge in [0.2, 0.25) is 11.8 Å². The highest BCUT2D eigenvalue weighted by Gasteiger charge is 2.59. The molecule has 226 valence electrons. The van der Waals surface area contributed by atoms with Gasteiger partial charge in [-0.05, 0) is 48.1 Å². The lowest BCUT2D eigenvalue weighted by molar-refractivity contribution is -0.153. The summed E-state index contributed by atoms with van der Waals surface area (Å²) < 4.78 is 10.4. The van der Waals surface area contributed by atoms with E-state index in [2.05, 4.69) is 10.6 Å². The van der Waals surface area contributed by atoms with Crippen molar-refractivity contribution in [2.24, 2.45) is 16.7 Å². The second-order valence-electron chi connectivity index (χ2n) is 11.6. The molecule has 3 atom stereocenters. The van der Waals surface area contributed by atoms with Gasteiger partial charge in [-0.2, -0.15) is 0 Å². The third-order valence-corrected chi connectivity index (χ3v) is 9.59. The lowest BCUT2D eigenvalue weighted by Gasteiger charge is -2.43. The average molecular weight is 619 g/mol. The Morgan fingerprint density at radius 2 is 1.64 bits per heavy atom. The molecule has 3 unspecified atom stereocenters. The fourth-order valence-corrected chi connectivity index (χ4v) is 6.50. The summed E-state index contributed by atoms with van der Waals surface area (Å²) in [6.07, 6.45) is 1.28. The first-order valence-electron chi connectivity index (χ1n) is 14.0. The lowest BCUT2D eigenvalue weighted by Crippen LogP contribution is -2.54. The summed E-state index contributed by atoms with van der Waals surface area (Å²) in [5, 5.41) is 6.14. The third-order valence-electron chi connectivity index (χ3n) is 8.96. The molecule has 1 saturated heterocycles. The number of carbonyl (C=O) groups excluding carboxylic acids is 4. The number of morpholine rings is 1. The molecule has 42 heavy (non-hydrogen) atoms. The Morgan fingerprint density at radius 3 is 2.24 bits per heavy atom. The number of carbonyl (C=O) groups is 4. The number of nitrogens with zero attached hydrogens (tertiary/aromatic N) is 1. The molecule has 1 heterocycles. The molecule has 2 aliphatic rings. The van der Waals surface area contributed by atoms with Gasteiger partial charge in [-0.25, -0.2) is 4.79 Å². The van der Waals surface area contributed by atoms with Gasteiger partial charge in [0.25, 0.3) is 5.91 Å². The molecule has 2 aromatic carbocycles. The van der Waals surface area contributed by atoms with E-state index in [1.807, 2.05) is 25.7 Å². The number of hydrogen-bond acceptors (Lipinski definition) is 6. The normalized spacial score (nSPS) is 22.2. The summed E-state index contributed by atoms with van der Waals surface area (Å²) in [5.41, 5.74) is 0.0721. The number of anilines is 1. The number of hydrogen-bond donors (Lipinski definition) is 2. The maximum absolute atomic E-state index is 13.6. The molecule has 2 N–H and O–H groups in total. The number of nitrogens with one attached hydrogen (secondary N) is 2. The van der Waals surface area contributed by atoms with Crippen molar-refractivity contribution in [3.63, 3.8) is 0 Å². The van der Waals surface area contributed by atoms with Crippen LogP contribution in [0, 0.1) is 16.7 Å². The fraction of sp³-hybridized carbons (Fsp3) is 0.484. The fourth-order valence-electron chi connectivity index (χ4n) is 5.93. The third kappa shape index (κ3) is 6.43. The minimum Gasteiger partial charge on any atom is -0.467 e. The summed E-state index contributed by atoms with van der Waals surface area (Å²) in [6.45, 7) is 7.96. The highest BCUT2D eigenvalue weighted by molar-refractivity contribution is 6.40. The van der Waals surface area contributed by atoms with E-state index in [1.165, 1.54) is 7.11 Å². The summed E-state index contributed by atoms with van der Waals surface area (Å²) in [6, 6.07) is 10.8. The van der Waals surface area contributed by atoms with Crippen LogP contribution in [-0.2, 0) is 30.3 Å². The van der Waals surface area contributed by atoms with Gasteiger partial charge in [0, 0.05) is 31.1 Å². The Bertz CT molecular complexity index is 1320. The van der Waals surface area contributed by atoms with Gasteiger partial charge < -0.3 is 25.0 Å². The van der Waals surface area contributed by atoms with E-state index in [9.17, 15) is 19.2 Å². The Balaban J connectivity index is 1.43. The number of amides is 3. The smallest absolute Gasteiger partial charge is 0.328 e. The number of benzene rings is 2. The van der Waals surface area contributed by atoms with Crippen molar-refractivity contribution in [1.82, 2.24) is 10.2 Å². The summed E-state index contributed by atoms with van der Waals surface area (Å²) in [4.78, 5) is 54.4. The average Bonchev–Trinajstić information content (AvgIpc) is 3.22. The van der Waals surface area contributed by atoms with Crippen molar-refractivity contribution >= 4 is 52.6 Å². The van der Waals surface area contributed by atoms with E-state index >= 15 is 0 Å². The molecule has 1 aliphatic heterocycles. The minimum atomic E-state index is -0.928. The van der Waals surface area contributed by atoms with Crippen LogP contribution in [-0.4, -0.2) is 68.0 Å². The molecule has 3 amide bonds. The summed E-state index contributed by atoms with van der Waals surface area (Å²) >= 11 is 12.3. The van der Waals surface area contributed by atoms with Crippen LogP contribution in [0.5, 0.6) is 0 Å². The van der Waals surface area contributed by atoms with E-state index in [4.69, 9.17) is 32.7 Å². The molecule has 0 aromatic heterocycles. The van der Waals surface area contributed by atoms with Gasteiger partial charge >= 0.3 is 5.97 Å². The van der Waals surface area contributed by atoms with Crippen molar-refractivity contribution < 1.29 is 28.7 Å². The van der Waals surface area contributed by atoms with Crippen molar-refractivity contribution in [3.8, 4) is 0 Å². The predicted octanol–water partition coefficient (Wildman–Crippen LogP) is 4.75. The molecule has 0 spiro atoms. The highest BCUT2D eigenvalue weighted by atomic mass is 35.5. The standard InChI is InChI=1S/C31H37Cl2N3O6/c1-30(2)21(12-13-31(30,3)29(40)36-14-16-42-17-15-36)26(37)35-24(28(39)41-4)18-19-8-10-20(11-9-19)34-27(38)25-22(32)6-5-7-23(25)33/h5-11,21,24H,12-18H2,1-4H3,(H,34,38)(H,35,37). The zero-order chi connectivity index (χ0) is 30.7. The van der Waals surface area contributed by atoms with Gasteiger partial charge in [-0.15, -0.1) is 0 Å². The molecular formula is C31H37Cl2N3O6. The van der Waals surface area contributed by atoms with Gasteiger partial charge in [-0.3, -0.25) is 14.4 Å². The second kappa shape index (κ2) is 13.0. The monoisotopic (exact) mass is 617 g/mol. The molecule has 1 saturated carbocycles. The number of rotatable bonds is 8. The van der Waals surface area contributed by atoms with Crippen molar-refractivity contribution in [2.75, 3.05) is 38.7 Å². The van der Waals surface area contributed by atoms with E-state index < -0.39 is 34.7 Å². The van der Waals surface area contributed by atoms with Crippen molar-refractivity contribution in [1.29, 1.82) is 0 Å². The van der Waals surface area contributed by atoms with Crippen LogP contribution in [0.2, 0.25) is 10.0 Å². The molecule has 9 nitrogen and oxygen atoms in total. The first-order valence-corrected chi connectivity index (χ1v) is 14.7. The number of ether oxygens (including phenoxy) is 2. The zero-order valence-electron chi connectivity index (χ0n) is 24.3. The van der Waals surface area contributed by atoms with Crippen LogP contribution in [0.25, 0.3) is 0 Å². The lowest BCUT2D eigenvalue weighted by atomic mass is 9.64. The van der Waals surface area contributed by atoms with Gasteiger partial charge in [0.1, 0.15) is 6.04 Å². The van der Waals surface area contributed by atoms with Crippen LogP contribution >= 0.6 is 23.2 Å². The molecule has 4 rings (SSSR count). The van der Waals surface area contributed by atoms with Crippen LogP contribution in [0.3, 0.4) is 0 Å². The highest BCUT2D eigenvalue weighted by Crippen LogP contribution is 2.57.